The Morgan fingerprint density at radius 1 is 1.17 bits per heavy atom. The van der Waals surface area contributed by atoms with Gasteiger partial charge in [0.15, 0.2) is 5.69 Å². The van der Waals surface area contributed by atoms with Crippen molar-refractivity contribution < 1.29 is 22.7 Å². The van der Waals surface area contributed by atoms with Crippen LogP contribution in [0.15, 0.2) is 64.5 Å². The number of nitrogens with two attached hydrogens (primary N) is 1. The second kappa shape index (κ2) is 7.93. The van der Waals surface area contributed by atoms with Crippen molar-refractivity contribution in [3.63, 3.8) is 0 Å². The highest BCUT2D eigenvalue weighted by molar-refractivity contribution is 7.99. The molecule has 1 aromatic heterocycles. The molecule has 0 spiro atoms. The Bertz CT molecular complexity index is 1100. The smallest absolute Gasteiger partial charge is 0.416 e. The molecule has 29 heavy (non-hydrogen) atoms. The number of ether oxygens (including phenoxy) is 1. The fourth-order valence-corrected chi connectivity index (χ4v) is 3.54. The zero-order valence-electron chi connectivity index (χ0n) is 15.0. The van der Waals surface area contributed by atoms with Crippen LogP contribution in [-0.4, -0.2) is 17.6 Å². The van der Waals surface area contributed by atoms with Crippen LogP contribution >= 0.6 is 11.8 Å². The lowest BCUT2D eigenvalue weighted by atomic mass is 10.2. The summed E-state index contributed by atoms with van der Waals surface area (Å²) in [5.74, 6) is -0.689. The first-order chi connectivity index (χ1) is 13.7. The summed E-state index contributed by atoms with van der Waals surface area (Å²) in [4.78, 5) is 13.2. The van der Waals surface area contributed by atoms with Gasteiger partial charge in [0.1, 0.15) is 6.07 Å². The molecular weight excluding hydrogens is 403 g/mol. The van der Waals surface area contributed by atoms with E-state index in [-0.39, 0.29) is 16.9 Å². The van der Waals surface area contributed by atoms with Crippen LogP contribution in [0.25, 0.3) is 5.69 Å². The van der Waals surface area contributed by atoms with E-state index >= 15 is 0 Å². The van der Waals surface area contributed by atoms with E-state index in [0.29, 0.717) is 15.5 Å². The van der Waals surface area contributed by atoms with E-state index in [1.54, 1.807) is 30.3 Å². The summed E-state index contributed by atoms with van der Waals surface area (Å²) in [7, 11) is 1.21. The summed E-state index contributed by atoms with van der Waals surface area (Å²) >= 11 is 1.17. The van der Waals surface area contributed by atoms with Gasteiger partial charge in [0.2, 0.25) is 0 Å². The van der Waals surface area contributed by atoms with Crippen molar-refractivity contribution in [2.24, 2.45) is 0 Å². The van der Waals surface area contributed by atoms with E-state index in [4.69, 9.17) is 15.7 Å². The number of aromatic nitrogens is 1. The molecule has 0 atom stereocenters. The summed E-state index contributed by atoms with van der Waals surface area (Å²) in [5.41, 5.74) is 5.88. The lowest BCUT2D eigenvalue weighted by molar-refractivity contribution is -0.137. The van der Waals surface area contributed by atoms with Gasteiger partial charge in [-0.25, -0.2) is 4.79 Å². The van der Waals surface area contributed by atoms with E-state index in [1.165, 1.54) is 35.7 Å². The molecule has 0 radical (unpaired) electrons. The van der Waals surface area contributed by atoms with Crippen LogP contribution in [-0.2, 0) is 10.9 Å². The Hall–Kier alpha value is -3.38. The van der Waals surface area contributed by atoms with Crippen LogP contribution < -0.4 is 5.73 Å². The first-order valence-electron chi connectivity index (χ1n) is 8.19. The molecular formula is C20H14F3N3O2S. The van der Waals surface area contributed by atoms with Crippen LogP contribution in [0, 0.1) is 11.3 Å². The molecule has 3 aromatic rings. The number of nitrogens with zero attached hydrogens (tertiary/aromatic N) is 2. The van der Waals surface area contributed by atoms with Gasteiger partial charge in [-0.1, -0.05) is 17.8 Å². The molecule has 9 heteroatoms. The molecule has 148 valence electrons. The molecule has 0 aliphatic rings. The SMILES string of the molecule is COC(=O)c1c(N)c(C#N)cn1-c1ccc(Sc2cccc(C(F)(F)F)c2)cc1. The van der Waals surface area contributed by atoms with Gasteiger partial charge in [-0.15, -0.1) is 0 Å². The number of nitrogen functional groups attached to an aromatic ring is 1. The second-order valence-corrected chi connectivity index (χ2v) is 7.05. The van der Waals surface area contributed by atoms with E-state index in [9.17, 15) is 18.0 Å². The third kappa shape index (κ3) is 4.22. The van der Waals surface area contributed by atoms with Gasteiger partial charge in [0, 0.05) is 21.7 Å². The summed E-state index contributed by atoms with van der Waals surface area (Å²) < 4.78 is 44.8. The van der Waals surface area contributed by atoms with Crippen LogP contribution in [0.3, 0.4) is 0 Å². The van der Waals surface area contributed by atoms with Crippen LogP contribution in [0.1, 0.15) is 21.6 Å². The lowest BCUT2D eigenvalue weighted by Crippen LogP contribution is -2.11. The number of nitriles is 1. The third-order valence-electron chi connectivity index (χ3n) is 4.06. The normalized spacial score (nSPS) is 11.1. The molecule has 1 heterocycles. The molecule has 0 fully saturated rings. The number of anilines is 1. The molecule has 0 bridgehead atoms. The Balaban J connectivity index is 1.91. The zero-order chi connectivity index (χ0) is 21.2. The lowest BCUT2D eigenvalue weighted by Gasteiger charge is -2.10. The number of hydrogen-bond donors (Lipinski definition) is 1. The van der Waals surface area contributed by atoms with E-state index in [2.05, 4.69) is 0 Å². The van der Waals surface area contributed by atoms with Crippen molar-refractivity contribution in [2.75, 3.05) is 12.8 Å². The molecule has 0 saturated carbocycles. The molecule has 5 nitrogen and oxygen atoms in total. The predicted molar refractivity (Wildman–Crippen MR) is 102 cm³/mol. The topological polar surface area (TPSA) is 81.0 Å². The summed E-state index contributed by atoms with van der Waals surface area (Å²) in [5, 5.41) is 9.17. The Morgan fingerprint density at radius 3 is 2.45 bits per heavy atom. The molecule has 0 amide bonds. The quantitative estimate of drug-likeness (QED) is 0.612. The van der Waals surface area contributed by atoms with Crippen molar-refractivity contribution in [3.8, 4) is 11.8 Å². The van der Waals surface area contributed by atoms with Crippen molar-refractivity contribution in [1.29, 1.82) is 5.26 Å². The van der Waals surface area contributed by atoms with Crippen LogP contribution in [0.2, 0.25) is 0 Å². The number of hydrogen-bond acceptors (Lipinski definition) is 5. The average molecular weight is 417 g/mol. The predicted octanol–water partition coefficient (Wildman–Crippen LogP) is 4.89. The summed E-state index contributed by atoms with van der Waals surface area (Å²) in [6, 6.07) is 13.7. The maximum absolute atomic E-state index is 12.9. The molecule has 2 aromatic carbocycles. The van der Waals surface area contributed by atoms with Gasteiger partial charge in [0.25, 0.3) is 0 Å². The highest BCUT2D eigenvalue weighted by atomic mass is 32.2. The fourth-order valence-electron chi connectivity index (χ4n) is 2.67. The molecule has 3 rings (SSSR count). The number of benzene rings is 2. The van der Waals surface area contributed by atoms with Gasteiger partial charge >= 0.3 is 12.1 Å². The highest BCUT2D eigenvalue weighted by Crippen LogP contribution is 2.35. The number of esters is 1. The first-order valence-corrected chi connectivity index (χ1v) is 9.01. The third-order valence-corrected chi connectivity index (χ3v) is 5.05. The zero-order valence-corrected chi connectivity index (χ0v) is 15.8. The van der Waals surface area contributed by atoms with Gasteiger partial charge < -0.3 is 15.0 Å². The highest BCUT2D eigenvalue weighted by Gasteiger charge is 2.30. The van der Waals surface area contributed by atoms with E-state index in [1.807, 2.05) is 6.07 Å². The van der Waals surface area contributed by atoms with Gasteiger partial charge in [-0.05, 0) is 42.5 Å². The summed E-state index contributed by atoms with van der Waals surface area (Å²) in [6.45, 7) is 0. The Morgan fingerprint density at radius 2 is 1.86 bits per heavy atom. The maximum atomic E-state index is 12.9. The Labute approximate surface area is 168 Å². The van der Waals surface area contributed by atoms with E-state index in [0.717, 1.165) is 12.1 Å². The maximum Gasteiger partial charge on any atom is 0.416 e. The van der Waals surface area contributed by atoms with Gasteiger partial charge in [-0.2, -0.15) is 18.4 Å². The second-order valence-electron chi connectivity index (χ2n) is 5.90. The number of alkyl halides is 3. The van der Waals surface area contributed by atoms with Gasteiger partial charge in [0.05, 0.1) is 23.9 Å². The molecule has 2 N–H and O–H groups in total. The standard InChI is InChI=1S/C20H14F3N3O2S/c1-28-19(27)18-17(25)12(10-24)11-26(18)14-5-7-15(8-6-14)29-16-4-2-3-13(9-16)20(21,22)23/h2-9,11H,25H2,1H3. The van der Waals surface area contributed by atoms with Crippen molar-refractivity contribution in [2.45, 2.75) is 16.0 Å². The summed E-state index contributed by atoms with van der Waals surface area (Å²) in [6.07, 6.45) is -2.98. The minimum absolute atomic E-state index is 0.0155. The van der Waals surface area contributed by atoms with E-state index < -0.39 is 17.7 Å². The first kappa shape index (κ1) is 20.4. The number of halogens is 3. The number of rotatable bonds is 4. The largest absolute Gasteiger partial charge is 0.464 e. The fraction of sp³-hybridized carbons (Fsp3) is 0.100. The minimum Gasteiger partial charge on any atom is -0.464 e. The monoisotopic (exact) mass is 417 g/mol. The molecule has 0 aliphatic heterocycles. The Kier molecular flexibility index (Phi) is 5.57. The van der Waals surface area contributed by atoms with Crippen molar-refractivity contribution >= 4 is 23.4 Å². The van der Waals surface area contributed by atoms with Crippen molar-refractivity contribution in [3.05, 3.63) is 71.5 Å². The average Bonchev–Trinajstić information content (AvgIpc) is 3.04. The number of carbonyl (C=O) groups is 1. The molecule has 0 saturated heterocycles. The number of carbonyl (C=O) groups excluding carboxylic acids is 1. The van der Waals surface area contributed by atoms with Crippen LogP contribution in [0.5, 0.6) is 0 Å². The molecule has 0 aliphatic carbocycles. The van der Waals surface area contributed by atoms with Crippen molar-refractivity contribution in [1.82, 2.24) is 4.57 Å². The number of methoxy groups -OCH3 is 1. The van der Waals surface area contributed by atoms with Gasteiger partial charge in [-0.3, -0.25) is 0 Å². The minimum atomic E-state index is -4.41. The van der Waals surface area contributed by atoms with Crippen LogP contribution in [0.4, 0.5) is 18.9 Å². The molecule has 0 unspecified atom stereocenters.